The van der Waals surface area contributed by atoms with Gasteiger partial charge in [0.15, 0.2) is 0 Å². The molecule has 0 saturated heterocycles. The van der Waals surface area contributed by atoms with Crippen molar-refractivity contribution in [3.05, 3.63) is 97.2 Å². The maximum absolute atomic E-state index is 12.2. The molecule has 1 amide bonds. The van der Waals surface area contributed by atoms with Gasteiger partial charge in [0.25, 0.3) is 11.6 Å². The Labute approximate surface area is 184 Å². The number of carbonyl (C=O) groups is 1. The Morgan fingerprint density at radius 3 is 2.87 bits per heavy atom. The van der Waals surface area contributed by atoms with Crippen LogP contribution >= 0.6 is 27.5 Å². The normalized spacial score (nSPS) is 10.7. The van der Waals surface area contributed by atoms with Gasteiger partial charge in [0.2, 0.25) is 0 Å². The summed E-state index contributed by atoms with van der Waals surface area (Å²) in [5.74, 6) is -0.0134. The molecule has 8 nitrogen and oxygen atoms in total. The number of non-ortho nitro benzene ring substituents is 1. The first-order valence-corrected chi connectivity index (χ1v) is 9.71. The fourth-order valence-electron chi connectivity index (χ4n) is 2.45. The topological polar surface area (TPSA) is 107 Å². The lowest BCUT2D eigenvalue weighted by Crippen LogP contribution is -2.18. The third kappa shape index (κ3) is 5.62. The van der Waals surface area contributed by atoms with Gasteiger partial charge in [0.1, 0.15) is 17.5 Å². The number of halogens is 2. The zero-order valence-corrected chi connectivity index (χ0v) is 17.6. The molecule has 1 N–H and O–H groups in total. The molecular formula is C20H14BrClN4O4. The number of nitro groups is 1. The highest BCUT2D eigenvalue weighted by Gasteiger charge is 2.10. The number of nitrogens with one attached hydrogen (secondary N) is 1. The Balaban J connectivity index is 1.71. The molecule has 1 heterocycles. The van der Waals surface area contributed by atoms with Crippen LogP contribution in [0.4, 0.5) is 5.69 Å². The molecule has 0 unspecified atom stereocenters. The molecule has 0 atom stereocenters. The van der Waals surface area contributed by atoms with E-state index in [2.05, 4.69) is 31.4 Å². The summed E-state index contributed by atoms with van der Waals surface area (Å²) in [5, 5.41) is 14.9. The molecule has 0 aliphatic carbocycles. The lowest BCUT2D eigenvalue weighted by Gasteiger charge is -2.10. The van der Waals surface area contributed by atoms with E-state index in [1.807, 2.05) is 0 Å². The highest BCUT2D eigenvalue weighted by molar-refractivity contribution is 9.10. The molecule has 30 heavy (non-hydrogen) atoms. The molecule has 0 bridgehead atoms. The minimum Gasteiger partial charge on any atom is -0.488 e. The quantitative estimate of drug-likeness (QED) is 0.223. The lowest BCUT2D eigenvalue weighted by molar-refractivity contribution is -0.384. The van der Waals surface area contributed by atoms with E-state index in [0.717, 1.165) is 4.47 Å². The van der Waals surface area contributed by atoms with E-state index >= 15 is 0 Å². The number of hydrazone groups is 1. The van der Waals surface area contributed by atoms with E-state index < -0.39 is 10.8 Å². The van der Waals surface area contributed by atoms with Gasteiger partial charge in [-0.15, -0.1) is 0 Å². The number of hydrogen-bond donors (Lipinski definition) is 1. The number of benzene rings is 2. The molecule has 0 fully saturated rings. The first-order chi connectivity index (χ1) is 14.4. The summed E-state index contributed by atoms with van der Waals surface area (Å²) >= 11 is 9.28. The first kappa shape index (κ1) is 21.4. The lowest BCUT2D eigenvalue weighted by atomic mass is 10.2. The largest absolute Gasteiger partial charge is 0.488 e. The van der Waals surface area contributed by atoms with E-state index in [1.54, 1.807) is 36.4 Å². The minimum absolute atomic E-state index is 0.00883. The standard InChI is InChI=1S/C20H14BrClN4O4/c21-15-6-7-18(30-12-13-3-1-4-16(9-13)26(28)29)14(10-15)11-24-25-20(27)17-5-2-8-23-19(17)22/h1-11H,12H2,(H,25,27). The predicted molar refractivity (Wildman–Crippen MR) is 116 cm³/mol. The molecule has 152 valence electrons. The van der Waals surface area contributed by atoms with Crippen LogP contribution in [0.25, 0.3) is 0 Å². The molecule has 1 aromatic heterocycles. The van der Waals surface area contributed by atoms with Crippen LogP contribution in [-0.2, 0) is 6.61 Å². The summed E-state index contributed by atoms with van der Waals surface area (Å²) in [6, 6.07) is 14.6. The third-order valence-electron chi connectivity index (χ3n) is 3.86. The van der Waals surface area contributed by atoms with Gasteiger partial charge < -0.3 is 4.74 Å². The molecule has 0 radical (unpaired) electrons. The van der Waals surface area contributed by atoms with E-state index in [-0.39, 0.29) is 23.0 Å². The van der Waals surface area contributed by atoms with Gasteiger partial charge in [0, 0.05) is 28.4 Å². The molecule has 3 aromatic rings. The number of aromatic nitrogens is 1. The Kier molecular flexibility index (Phi) is 7.10. The van der Waals surface area contributed by atoms with Crippen molar-refractivity contribution < 1.29 is 14.5 Å². The number of hydrogen-bond acceptors (Lipinski definition) is 6. The van der Waals surface area contributed by atoms with Gasteiger partial charge in [-0.25, -0.2) is 10.4 Å². The van der Waals surface area contributed by atoms with E-state index in [1.165, 1.54) is 30.6 Å². The highest BCUT2D eigenvalue weighted by Crippen LogP contribution is 2.23. The number of rotatable bonds is 7. The van der Waals surface area contributed by atoms with Crippen LogP contribution in [0.5, 0.6) is 5.75 Å². The highest BCUT2D eigenvalue weighted by atomic mass is 79.9. The van der Waals surface area contributed by atoms with Gasteiger partial charge in [-0.3, -0.25) is 14.9 Å². The molecule has 0 aliphatic heterocycles. The van der Waals surface area contributed by atoms with Crippen molar-refractivity contribution in [1.29, 1.82) is 0 Å². The van der Waals surface area contributed by atoms with Crippen LogP contribution < -0.4 is 10.2 Å². The molecule has 0 aliphatic rings. The predicted octanol–water partition coefficient (Wildman–Crippen LogP) is 4.75. The number of ether oxygens (including phenoxy) is 1. The molecule has 0 saturated carbocycles. The van der Waals surface area contributed by atoms with Crippen molar-refractivity contribution in [1.82, 2.24) is 10.4 Å². The summed E-state index contributed by atoms with van der Waals surface area (Å²) in [6.45, 7) is 0.127. The fraction of sp³-hybridized carbons (Fsp3) is 0.0500. The molecular weight excluding hydrogens is 476 g/mol. The van der Waals surface area contributed by atoms with Crippen molar-refractivity contribution in [2.24, 2.45) is 5.10 Å². The SMILES string of the molecule is O=C(NN=Cc1cc(Br)ccc1OCc1cccc([N+](=O)[O-])c1)c1cccnc1Cl. The first-order valence-electron chi connectivity index (χ1n) is 8.53. The van der Waals surface area contributed by atoms with Gasteiger partial charge >= 0.3 is 0 Å². The van der Waals surface area contributed by atoms with Crippen molar-refractivity contribution in [3.8, 4) is 5.75 Å². The molecule has 0 spiro atoms. The summed E-state index contributed by atoms with van der Waals surface area (Å²) in [5.41, 5.74) is 3.82. The average molecular weight is 490 g/mol. The zero-order valence-electron chi connectivity index (χ0n) is 15.3. The number of pyridine rings is 1. The van der Waals surface area contributed by atoms with Crippen LogP contribution in [0.15, 0.2) is 70.4 Å². The third-order valence-corrected chi connectivity index (χ3v) is 4.66. The van der Waals surface area contributed by atoms with Crippen LogP contribution in [0.2, 0.25) is 5.15 Å². The number of amides is 1. The van der Waals surface area contributed by atoms with E-state index in [9.17, 15) is 14.9 Å². The van der Waals surface area contributed by atoms with Crippen molar-refractivity contribution in [2.45, 2.75) is 6.61 Å². The maximum Gasteiger partial charge on any atom is 0.274 e. The minimum atomic E-state index is -0.501. The van der Waals surface area contributed by atoms with E-state index in [4.69, 9.17) is 16.3 Å². The smallest absolute Gasteiger partial charge is 0.274 e. The van der Waals surface area contributed by atoms with Gasteiger partial charge in [0.05, 0.1) is 16.7 Å². The van der Waals surface area contributed by atoms with E-state index in [0.29, 0.717) is 16.9 Å². The summed E-state index contributed by atoms with van der Waals surface area (Å²) < 4.78 is 6.58. The Morgan fingerprint density at radius 2 is 2.10 bits per heavy atom. The molecule has 10 heteroatoms. The zero-order chi connectivity index (χ0) is 21.5. The van der Waals surface area contributed by atoms with Crippen LogP contribution in [0.3, 0.4) is 0 Å². The monoisotopic (exact) mass is 488 g/mol. The number of carbonyl (C=O) groups excluding carboxylic acids is 1. The summed E-state index contributed by atoms with van der Waals surface area (Å²) in [6.07, 6.45) is 2.91. The second-order valence-corrected chi connectivity index (χ2v) is 7.21. The fourth-order valence-corrected chi connectivity index (χ4v) is 3.03. The summed E-state index contributed by atoms with van der Waals surface area (Å²) in [4.78, 5) is 26.5. The Morgan fingerprint density at radius 1 is 1.27 bits per heavy atom. The average Bonchev–Trinajstić information content (AvgIpc) is 2.73. The maximum atomic E-state index is 12.2. The van der Waals surface area contributed by atoms with Crippen LogP contribution in [-0.4, -0.2) is 22.0 Å². The number of nitrogens with zero attached hydrogens (tertiary/aromatic N) is 3. The molecule has 2 aromatic carbocycles. The Bertz CT molecular complexity index is 1120. The second kappa shape index (κ2) is 9.95. The van der Waals surface area contributed by atoms with Crippen LogP contribution in [0.1, 0.15) is 21.5 Å². The second-order valence-electron chi connectivity index (χ2n) is 5.94. The number of nitro benzene ring substituents is 1. The van der Waals surface area contributed by atoms with Crippen molar-refractivity contribution >= 4 is 45.3 Å². The van der Waals surface area contributed by atoms with Crippen LogP contribution in [0, 0.1) is 10.1 Å². The molecule has 3 rings (SSSR count). The van der Waals surface area contributed by atoms with Crippen molar-refractivity contribution in [3.63, 3.8) is 0 Å². The van der Waals surface area contributed by atoms with Crippen molar-refractivity contribution in [2.75, 3.05) is 0 Å². The van der Waals surface area contributed by atoms with Gasteiger partial charge in [-0.1, -0.05) is 39.7 Å². The summed E-state index contributed by atoms with van der Waals surface area (Å²) in [7, 11) is 0. The van der Waals surface area contributed by atoms with Gasteiger partial charge in [-0.05, 0) is 35.9 Å². The van der Waals surface area contributed by atoms with Gasteiger partial charge in [-0.2, -0.15) is 5.10 Å². The Hall–Kier alpha value is -3.30.